The zero-order valence-electron chi connectivity index (χ0n) is 16.1. The summed E-state index contributed by atoms with van der Waals surface area (Å²) in [6, 6.07) is 8.02. The van der Waals surface area contributed by atoms with E-state index in [1.807, 2.05) is 24.3 Å². The van der Waals surface area contributed by atoms with Gasteiger partial charge in [-0.2, -0.15) is 0 Å². The van der Waals surface area contributed by atoms with Crippen molar-refractivity contribution in [2.24, 2.45) is 5.92 Å². The lowest BCUT2D eigenvalue weighted by Gasteiger charge is -2.36. The normalized spacial score (nSPS) is 32.0. The number of likely N-dealkylation sites (tertiary alicyclic amines) is 1. The number of rotatable bonds is 5. The molecule has 3 N–H and O–H groups in total. The molecule has 2 aliphatic rings. The Bertz CT molecular complexity index is 594. The third-order valence-corrected chi connectivity index (χ3v) is 6.28. The Labute approximate surface area is 156 Å². The van der Waals surface area contributed by atoms with E-state index in [4.69, 9.17) is 4.74 Å². The molecule has 1 heterocycles. The zero-order valence-corrected chi connectivity index (χ0v) is 16.1. The van der Waals surface area contributed by atoms with E-state index in [1.165, 1.54) is 24.2 Å². The average molecular weight is 362 g/mol. The number of carbonyl (C=O) groups excluding carboxylic acids is 1. The van der Waals surface area contributed by atoms with Gasteiger partial charge in [-0.1, -0.05) is 31.9 Å². The van der Waals surface area contributed by atoms with Crippen LogP contribution in [0.2, 0.25) is 0 Å². The molecule has 1 saturated heterocycles. The molecule has 3 rings (SSSR count). The van der Waals surface area contributed by atoms with E-state index in [9.17, 15) is 9.90 Å². The molecule has 5 nitrogen and oxygen atoms in total. The summed E-state index contributed by atoms with van der Waals surface area (Å²) in [5.41, 5.74) is 0.155. The predicted molar refractivity (Wildman–Crippen MR) is 101 cm³/mol. The third kappa shape index (κ3) is 4.57. The van der Waals surface area contributed by atoms with Gasteiger partial charge in [0, 0.05) is 18.9 Å². The van der Waals surface area contributed by atoms with E-state index < -0.39 is 5.60 Å². The van der Waals surface area contributed by atoms with Crippen molar-refractivity contribution >= 4 is 5.91 Å². The van der Waals surface area contributed by atoms with Gasteiger partial charge in [-0.25, -0.2) is 0 Å². The Balaban J connectivity index is 1.48. The molecule has 0 radical (unpaired) electrons. The van der Waals surface area contributed by atoms with Gasteiger partial charge in [0.2, 0.25) is 0 Å². The molecule has 2 fully saturated rings. The van der Waals surface area contributed by atoms with Crippen molar-refractivity contribution in [2.75, 3.05) is 26.7 Å². The molecule has 1 aliphatic carbocycles. The van der Waals surface area contributed by atoms with Crippen LogP contribution in [0.1, 0.15) is 51.0 Å². The second-order valence-electron chi connectivity index (χ2n) is 8.12. The molecule has 5 heteroatoms. The predicted octanol–water partition coefficient (Wildman–Crippen LogP) is 1.26. The lowest BCUT2D eigenvalue weighted by Crippen LogP contribution is -3.14. The summed E-state index contributed by atoms with van der Waals surface area (Å²) < 4.78 is 5.19. The van der Waals surface area contributed by atoms with Gasteiger partial charge in [0.25, 0.3) is 5.91 Å². The quantitative estimate of drug-likeness (QED) is 0.740. The van der Waals surface area contributed by atoms with E-state index in [0.29, 0.717) is 31.3 Å². The summed E-state index contributed by atoms with van der Waals surface area (Å²) >= 11 is 0. The first kappa shape index (κ1) is 19.2. The fourth-order valence-corrected chi connectivity index (χ4v) is 4.40. The maximum Gasteiger partial charge on any atom is 0.275 e. The first-order chi connectivity index (χ1) is 12.5. The van der Waals surface area contributed by atoms with Gasteiger partial charge in [0.1, 0.15) is 11.4 Å². The van der Waals surface area contributed by atoms with E-state index in [2.05, 4.69) is 12.2 Å². The lowest BCUT2D eigenvalue weighted by molar-refractivity contribution is -0.900. The molecule has 26 heavy (non-hydrogen) atoms. The molecule has 0 unspecified atom stereocenters. The minimum absolute atomic E-state index is 0.161. The van der Waals surface area contributed by atoms with E-state index in [1.54, 1.807) is 7.11 Å². The number of ether oxygens (including phenoxy) is 1. The van der Waals surface area contributed by atoms with Crippen LogP contribution >= 0.6 is 0 Å². The van der Waals surface area contributed by atoms with Crippen LogP contribution in [-0.4, -0.2) is 43.8 Å². The minimum atomic E-state index is -0.788. The third-order valence-electron chi connectivity index (χ3n) is 6.28. The molecular weight excluding hydrogens is 328 g/mol. The summed E-state index contributed by atoms with van der Waals surface area (Å²) in [6.45, 7) is 4.39. The van der Waals surface area contributed by atoms with Crippen molar-refractivity contribution in [3.8, 4) is 5.75 Å². The smallest absolute Gasteiger partial charge is 0.275 e. The van der Waals surface area contributed by atoms with Gasteiger partial charge in [0.15, 0.2) is 6.54 Å². The monoisotopic (exact) mass is 361 g/mol. The summed E-state index contributed by atoms with van der Waals surface area (Å²) in [5.74, 6) is 1.55. The fourth-order valence-electron chi connectivity index (χ4n) is 4.40. The first-order valence-corrected chi connectivity index (χ1v) is 10.00. The largest absolute Gasteiger partial charge is 0.497 e. The minimum Gasteiger partial charge on any atom is -0.497 e. The van der Waals surface area contributed by atoms with Gasteiger partial charge < -0.3 is 20.1 Å². The maximum atomic E-state index is 12.4. The highest BCUT2D eigenvalue weighted by Crippen LogP contribution is 2.30. The van der Waals surface area contributed by atoms with E-state index in [-0.39, 0.29) is 5.91 Å². The maximum absolute atomic E-state index is 12.4. The van der Waals surface area contributed by atoms with Crippen LogP contribution in [0.3, 0.4) is 0 Å². The molecule has 1 saturated carbocycles. The Morgan fingerprint density at radius 2 is 1.88 bits per heavy atom. The Kier molecular flexibility index (Phi) is 6.20. The highest BCUT2D eigenvalue weighted by atomic mass is 16.5. The molecule has 0 bridgehead atoms. The van der Waals surface area contributed by atoms with E-state index >= 15 is 0 Å². The number of hydrogen-bond donors (Lipinski definition) is 3. The molecular formula is C21H33N2O3+. The van der Waals surface area contributed by atoms with Crippen LogP contribution < -0.4 is 15.0 Å². The number of hydrogen-bond acceptors (Lipinski definition) is 3. The number of methoxy groups -OCH3 is 1. The van der Waals surface area contributed by atoms with Gasteiger partial charge in [-0.15, -0.1) is 0 Å². The van der Waals surface area contributed by atoms with Crippen LogP contribution in [0, 0.1) is 5.92 Å². The molecule has 1 aliphatic heterocycles. The van der Waals surface area contributed by atoms with Crippen molar-refractivity contribution in [3.05, 3.63) is 29.8 Å². The van der Waals surface area contributed by atoms with Crippen molar-refractivity contribution in [3.63, 3.8) is 0 Å². The van der Waals surface area contributed by atoms with Crippen molar-refractivity contribution in [2.45, 2.75) is 57.1 Å². The fraction of sp³-hybridized carbons (Fsp3) is 0.667. The van der Waals surface area contributed by atoms with Crippen LogP contribution in [0.25, 0.3) is 0 Å². The average Bonchev–Trinajstić information content (AvgIpc) is 2.66. The molecule has 0 aromatic heterocycles. The highest BCUT2D eigenvalue weighted by molar-refractivity contribution is 5.77. The lowest BCUT2D eigenvalue weighted by atomic mass is 9.84. The second kappa shape index (κ2) is 8.40. The zero-order chi connectivity index (χ0) is 18.6. The summed E-state index contributed by atoms with van der Waals surface area (Å²) in [7, 11) is 1.64. The van der Waals surface area contributed by atoms with Gasteiger partial charge in [-0.05, 0) is 36.5 Å². The number of carbonyl (C=O) groups is 1. The Morgan fingerprint density at radius 3 is 2.50 bits per heavy atom. The van der Waals surface area contributed by atoms with Crippen molar-refractivity contribution in [1.82, 2.24) is 5.32 Å². The Hall–Kier alpha value is -1.59. The number of aliphatic hydroxyl groups is 1. The van der Waals surface area contributed by atoms with Gasteiger partial charge in [-0.3, -0.25) is 4.79 Å². The standard InChI is InChI=1S/C21H32N2O3/c1-16-5-3-4-6-19(16)22-20(24)15-23-13-11-21(25,12-14-23)17-7-9-18(26-2)10-8-17/h7-10,16,19,25H,3-6,11-15H2,1-2H3,(H,22,24)/p+1/t16-,19+/m1/s1. The number of benzene rings is 1. The molecule has 0 spiro atoms. The Morgan fingerprint density at radius 1 is 1.23 bits per heavy atom. The van der Waals surface area contributed by atoms with Crippen molar-refractivity contribution < 1.29 is 19.5 Å². The first-order valence-electron chi connectivity index (χ1n) is 10.00. The van der Waals surface area contributed by atoms with Gasteiger partial charge >= 0.3 is 0 Å². The van der Waals surface area contributed by atoms with E-state index in [0.717, 1.165) is 30.8 Å². The number of amides is 1. The number of quaternary nitrogens is 1. The van der Waals surface area contributed by atoms with Crippen LogP contribution in [0.4, 0.5) is 0 Å². The summed E-state index contributed by atoms with van der Waals surface area (Å²) in [5, 5.41) is 14.2. The molecule has 1 aromatic rings. The van der Waals surface area contributed by atoms with Crippen LogP contribution in [-0.2, 0) is 10.4 Å². The summed E-state index contributed by atoms with van der Waals surface area (Å²) in [6.07, 6.45) is 6.20. The number of nitrogens with one attached hydrogen (secondary N) is 2. The van der Waals surface area contributed by atoms with Crippen LogP contribution in [0.5, 0.6) is 5.75 Å². The molecule has 1 amide bonds. The number of piperidine rings is 1. The SMILES string of the molecule is COc1ccc(C2(O)CC[NH+](CC(=O)N[C@H]3CCCC[C@H]3C)CC2)cc1. The highest BCUT2D eigenvalue weighted by Gasteiger charge is 2.37. The molecule has 144 valence electrons. The van der Waals surface area contributed by atoms with Gasteiger partial charge in [0.05, 0.1) is 20.2 Å². The molecule has 2 atom stereocenters. The molecule has 1 aromatic carbocycles. The topological polar surface area (TPSA) is 63.0 Å². The van der Waals surface area contributed by atoms with Crippen molar-refractivity contribution in [1.29, 1.82) is 0 Å². The van der Waals surface area contributed by atoms with Crippen LogP contribution in [0.15, 0.2) is 24.3 Å². The summed E-state index contributed by atoms with van der Waals surface area (Å²) in [4.78, 5) is 13.7. The second-order valence-corrected chi connectivity index (χ2v) is 8.12.